The predicted octanol–water partition coefficient (Wildman–Crippen LogP) is 5.50. The van der Waals surface area contributed by atoms with Crippen molar-refractivity contribution in [3.63, 3.8) is 0 Å². The van der Waals surface area contributed by atoms with Crippen LogP contribution in [-0.2, 0) is 19.1 Å². The van der Waals surface area contributed by atoms with E-state index in [4.69, 9.17) is 4.74 Å². The largest absolute Gasteiger partial charge is 0.452 e. The molecule has 42 heavy (non-hydrogen) atoms. The number of hydrogen-bond acceptors (Lipinski definition) is 5. The van der Waals surface area contributed by atoms with Crippen LogP contribution in [0.3, 0.4) is 0 Å². The average Bonchev–Trinajstić information content (AvgIpc) is 3.27. The van der Waals surface area contributed by atoms with Crippen LogP contribution in [0.2, 0.25) is 0 Å². The van der Waals surface area contributed by atoms with Gasteiger partial charge in [-0.2, -0.15) is 0 Å². The maximum atomic E-state index is 14.0. The lowest BCUT2D eigenvalue weighted by atomic mass is 9.55. The highest BCUT2D eigenvalue weighted by molar-refractivity contribution is 6.23. The van der Waals surface area contributed by atoms with Crippen LogP contribution in [0.25, 0.3) is 0 Å². The van der Waals surface area contributed by atoms with Crippen LogP contribution in [-0.4, -0.2) is 30.3 Å². The first-order chi connectivity index (χ1) is 20.3. The summed E-state index contributed by atoms with van der Waals surface area (Å²) in [5, 5.41) is 2.77. The van der Waals surface area contributed by atoms with Crippen molar-refractivity contribution in [1.82, 2.24) is 0 Å². The Morgan fingerprint density at radius 3 is 1.88 bits per heavy atom. The molecule has 3 aliphatic carbocycles. The molecule has 1 N–H and O–H groups in total. The Kier molecular flexibility index (Phi) is 6.04. The van der Waals surface area contributed by atoms with Crippen molar-refractivity contribution >= 4 is 35.1 Å². The van der Waals surface area contributed by atoms with E-state index < -0.39 is 30.3 Å². The van der Waals surface area contributed by atoms with E-state index in [9.17, 15) is 19.2 Å². The first-order valence-corrected chi connectivity index (χ1v) is 14.0. The molecule has 7 nitrogen and oxygen atoms in total. The van der Waals surface area contributed by atoms with Gasteiger partial charge in [0, 0.05) is 17.5 Å². The highest BCUT2D eigenvalue weighted by atomic mass is 16.5. The Morgan fingerprint density at radius 1 is 0.738 bits per heavy atom. The van der Waals surface area contributed by atoms with E-state index in [-0.39, 0.29) is 29.2 Å². The lowest BCUT2D eigenvalue weighted by Crippen LogP contribution is -2.41. The van der Waals surface area contributed by atoms with Crippen molar-refractivity contribution in [2.75, 3.05) is 16.8 Å². The summed E-state index contributed by atoms with van der Waals surface area (Å²) in [6.45, 7) is 3.34. The van der Waals surface area contributed by atoms with Crippen LogP contribution in [0.4, 0.5) is 11.4 Å². The third-order valence-corrected chi connectivity index (χ3v) is 8.79. The second kappa shape index (κ2) is 9.80. The third-order valence-electron chi connectivity index (χ3n) is 8.79. The molecule has 0 unspecified atom stereocenters. The predicted molar refractivity (Wildman–Crippen MR) is 157 cm³/mol. The second-order valence-electron chi connectivity index (χ2n) is 11.3. The summed E-state index contributed by atoms with van der Waals surface area (Å²) < 4.78 is 5.29. The molecule has 3 amide bonds. The summed E-state index contributed by atoms with van der Waals surface area (Å²) in [5.41, 5.74) is 7.42. The number of rotatable bonds is 5. The van der Waals surface area contributed by atoms with Crippen molar-refractivity contribution in [1.29, 1.82) is 0 Å². The summed E-state index contributed by atoms with van der Waals surface area (Å²) in [5.74, 6) is -3.16. The van der Waals surface area contributed by atoms with Gasteiger partial charge in [-0.1, -0.05) is 66.7 Å². The quantitative estimate of drug-likeness (QED) is 0.259. The zero-order chi connectivity index (χ0) is 29.1. The molecule has 8 rings (SSSR count). The van der Waals surface area contributed by atoms with Gasteiger partial charge in [-0.3, -0.25) is 14.4 Å². The molecule has 4 aliphatic rings. The zero-order valence-corrected chi connectivity index (χ0v) is 23.2. The molecule has 4 aromatic rings. The zero-order valence-electron chi connectivity index (χ0n) is 23.2. The number of carbonyl (C=O) groups is 4. The fourth-order valence-electron chi connectivity index (χ4n) is 6.98. The van der Waals surface area contributed by atoms with E-state index >= 15 is 0 Å². The number of amides is 3. The Balaban J connectivity index is 1.13. The number of nitrogens with zero attached hydrogens (tertiary/aromatic N) is 1. The number of aryl methyl sites for hydroxylation is 2. The van der Waals surface area contributed by atoms with Crippen molar-refractivity contribution in [2.24, 2.45) is 11.8 Å². The van der Waals surface area contributed by atoms with E-state index in [0.29, 0.717) is 11.4 Å². The first-order valence-electron chi connectivity index (χ1n) is 14.0. The molecule has 0 spiro atoms. The van der Waals surface area contributed by atoms with Crippen molar-refractivity contribution in [2.45, 2.75) is 25.7 Å². The van der Waals surface area contributed by atoms with E-state index in [2.05, 4.69) is 29.6 Å². The van der Waals surface area contributed by atoms with Crippen molar-refractivity contribution in [3.8, 4) is 0 Å². The highest BCUT2D eigenvalue weighted by Gasteiger charge is 2.61. The van der Waals surface area contributed by atoms with Crippen LogP contribution in [0.1, 0.15) is 55.6 Å². The maximum absolute atomic E-state index is 14.0. The molecule has 4 aromatic carbocycles. The maximum Gasteiger partial charge on any atom is 0.338 e. The molecule has 2 bridgehead atoms. The monoisotopic (exact) mass is 556 g/mol. The minimum Gasteiger partial charge on any atom is -0.452 e. The molecule has 7 heteroatoms. The molecule has 1 heterocycles. The van der Waals surface area contributed by atoms with E-state index in [1.54, 1.807) is 18.2 Å². The van der Waals surface area contributed by atoms with Gasteiger partial charge in [0.1, 0.15) is 0 Å². The molecule has 1 fully saturated rings. The van der Waals surface area contributed by atoms with Crippen LogP contribution >= 0.6 is 0 Å². The number of esters is 1. The van der Waals surface area contributed by atoms with E-state index in [1.165, 1.54) is 11.0 Å². The van der Waals surface area contributed by atoms with Crippen LogP contribution in [0.15, 0.2) is 91.0 Å². The van der Waals surface area contributed by atoms with E-state index in [0.717, 1.165) is 33.4 Å². The van der Waals surface area contributed by atoms with Gasteiger partial charge in [0.15, 0.2) is 6.61 Å². The first kappa shape index (κ1) is 25.9. The Morgan fingerprint density at radius 2 is 1.31 bits per heavy atom. The van der Waals surface area contributed by atoms with Gasteiger partial charge in [0.05, 0.1) is 23.1 Å². The summed E-state index contributed by atoms with van der Waals surface area (Å²) >= 11 is 0. The standard InChI is InChI=1S/C35H28N2O5/c1-19-14-15-20(2)27(16-19)36-28(38)18-42-35(41)21-8-7-9-22(17-21)37-33(39)31-29-23-10-3-4-11-24(23)30(32(31)34(37)40)26-13-6-5-12-25(26)29/h3-17,29-32H,18H2,1-2H3,(H,36,38)/t29?,30?,31-,32+. The molecule has 208 valence electrons. The Bertz CT molecular complexity index is 1700. The summed E-state index contributed by atoms with van der Waals surface area (Å²) in [6, 6.07) is 28.2. The third kappa shape index (κ3) is 3.96. The van der Waals surface area contributed by atoms with Crippen LogP contribution in [0, 0.1) is 25.7 Å². The number of benzene rings is 4. The van der Waals surface area contributed by atoms with Gasteiger partial charge < -0.3 is 10.1 Å². The number of nitrogens with one attached hydrogen (secondary N) is 1. The summed E-state index contributed by atoms with van der Waals surface area (Å²) in [4.78, 5) is 54.7. The second-order valence-corrected chi connectivity index (χ2v) is 11.3. The minimum absolute atomic E-state index is 0.150. The normalized spacial score (nSPS) is 21.4. The van der Waals surface area contributed by atoms with Crippen molar-refractivity contribution in [3.05, 3.63) is 130 Å². The average molecular weight is 557 g/mol. The SMILES string of the molecule is Cc1ccc(C)c(NC(=O)COC(=O)c2cccc(N3C(=O)[C@@H]4C5c6ccccc6C(c6ccccc65)[C@@H]4C3=O)c2)c1. The Labute approximate surface area is 243 Å². The fraction of sp³-hybridized carbons (Fsp3) is 0.200. The Hall–Kier alpha value is -5.04. The molecule has 1 saturated heterocycles. The van der Waals surface area contributed by atoms with Gasteiger partial charge >= 0.3 is 5.97 Å². The summed E-state index contributed by atoms with van der Waals surface area (Å²) in [6.07, 6.45) is 0. The number of anilines is 2. The number of carbonyl (C=O) groups excluding carboxylic acids is 4. The molecule has 0 aromatic heterocycles. The molecular formula is C35H28N2O5. The summed E-state index contributed by atoms with van der Waals surface area (Å²) in [7, 11) is 0. The van der Waals surface area contributed by atoms with Gasteiger partial charge in [-0.15, -0.1) is 0 Å². The number of hydrogen-bond donors (Lipinski definition) is 1. The number of ether oxygens (including phenoxy) is 1. The lowest BCUT2D eigenvalue weighted by molar-refractivity contribution is -0.122. The lowest BCUT2D eigenvalue weighted by Gasteiger charge is -2.45. The topological polar surface area (TPSA) is 92.8 Å². The smallest absolute Gasteiger partial charge is 0.338 e. The minimum atomic E-state index is -0.718. The van der Waals surface area contributed by atoms with E-state index in [1.807, 2.05) is 56.3 Å². The molecular weight excluding hydrogens is 528 g/mol. The van der Waals surface area contributed by atoms with Gasteiger partial charge in [-0.05, 0) is 71.5 Å². The van der Waals surface area contributed by atoms with Crippen LogP contribution < -0.4 is 10.2 Å². The van der Waals surface area contributed by atoms with Crippen molar-refractivity contribution < 1.29 is 23.9 Å². The van der Waals surface area contributed by atoms with Gasteiger partial charge in [0.2, 0.25) is 11.8 Å². The molecule has 0 radical (unpaired) electrons. The fourth-order valence-corrected chi connectivity index (χ4v) is 6.98. The van der Waals surface area contributed by atoms with Gasteiger partial charge in [0.25, 0.3) is 5.91 Å². The molecule has 2 atom stereocenters. The highest BCUT2D eigenvalue weighted by Crippen LogP contribution is 2.61. The molecule has 1 aliphatic heterocycles. The van der Waals surface area contributed by atoms with Gasteiger partial charge in [-0.25, -0.2) is 9.69 Å². The number of imide groups is 1. The molecule has 0 saturated carbocycles. The van der Waals surface area contributed by atoms with Crippen LogP contribution in [0.5, 0.6) is 0 Å².